The van der Waals surface area contributed by atoms with E-state index in [-0.39, 0.29) is 30.2 Å². The van der Waals surface area contributed by atoms with Crippen molar-refractivity contribution in [2.75, 3.05) is 13.1 Å². The van der Waals surface area contributed by atoms with Gasteiger partial charge in [-0.15, -0.1) is 0 Å². The van der Waals surface area contributed by atoms with Gasteiger partial charge < -0.3 is 10.6 Å². The summed E-state index contributed by atoms with van der Waals surface area (Å²) in [6.45, 7) is 5.48. The Balaban J connectivity index is 1.41. The summed E-state index contributed by atoms with van der Waals surface area (Å²) in [5.41, 5.74) is 8.86. The van der Waals surface area contributed by atoms with Crippen molar-refractivity contribution in [2.45, 2.75) is 57.8 Å². The largest absolute Gasteiger partial charge is 0.328 e. The Bertz CT molecular complexity index is 799. The Morgan fingerprint density at radius 1 is 1.18 bits per heavy atom. The molecule has 0 saturated carbocycles. The molecule has 3 aliphatic heterocycles. The highest BCUT2D eigenvalue weighted by Crippen LogP contribution is 2.29. The van der Waals surface area contributed by atoms with Crippen LogP contribution in [0.3, 0.4) is 0 Å². The lowest BCUT2D eigenvalue weighted by atomic mass is 9.91. The van der Waals surface area contributed by atoms with Crippen LogP contribution in [0.2, 0.25) is 0 Å². The standard InChI is InChI=1S/C21H28N4O3/c1-13(22)15-6-8-24(9-7-15)11-14-2-3-17-16(10-14)12-25(21(17)28)18-4-5-19(26)23-20(18)27/h2-3,10,13,15,18H,4-9,11-12,22H2,1H3,(H,23,26,27). The Hall–Kier alpha value is -2.25. The van der Waals surface area contributed by atoms with Crippen molar-refractivity contribution in [1.82, 2.24) is 15.1 Å². The minimum absolute atomic E-state index is 0.117. The molecule has 7 nitrogen and oxygen atoms in total. The van der Waals surface area contributed by atoms with Gasteiger partial charge in [0.15, 0.2) is 0 Å². The van der Waals surface area contributed by atoms with Crippen LogP contribution in [0.15, 0.2) is 18.2 Å². The molecule has 28 heavy (non-hydrogen) atoms. The van der Waals surface area contributed by atoms with Gasteiger partial charge in [-0.1, -0.05) is 12.1 Å². The van der Waals surface area contributed by atoms with Crippen molar-refractivity contribution in [3.63, 3.8) is 0 Å². The quantitative estimate of drug-likeness (QED) is 0.756. The second-order valence-electron chi connectivity index (χ2n) is 8.36. The molecule has 0 aromatic heterocycles. The summed E-state index contributed by atoms with van der Waals surface area (Å²) in [5.74, 6) is -0.139. The van der Waals surface area contributed by atoms with Crippen molar-refractivity contribution < 1.29 is 14.4 Å². The number of nitrogens with zero attached hydrogens (tertiary/aromatic N) is 2. The molecule has 2 atom stereocenters. The average molecular weight is 384 g/mol. The number of nitrogens with one attached hydrogen (secondary N) is 1. The molecule has 2 unspecified atom stereocenters. The first-order valence-electron chi connectivity index (χ1n) is 10.2. The maximum atomic E-state index is 12.8. The second-order valence-corrected chi connectivity index (χ2v) is 8.36. The molecule has 3 amide bonds. The van der Waals surface area contributed by atoms with Crippen LogP contribution in [0.4, 0.5) is 0 Å². The summed E-state index contributed by atoms with van der Waals surface area (Å²) >= 11 is 0. The van der Waals surface area contributed by atoms with Gasteiger partial charge in [-0.2, -0.15) is 0 Å². The van der Waals surface area contributed by atoms with E-state index in [0.29, 0.717) is 24.4 Å². The molecule has 2 fully saturated rings. The number of rotatable bonds is 4. The fourth-order valence-electron chi connectivity index (χ4n) is 4.62. The molecule has 0 bridgehead atoms. The van der Waals surface area contributed by atoms with E-state index in [9.17, 15) is 14.4 Å². The highest BCUT2D eigenvalue weighted by molar-refractivity contribution is 6.05. The molecule has 3 aliphatic rings. The monoisotopic (exact) mass is 384 g/mol. The number of carbonyl (C=O) groups excluding carboxylic acids is 3. The van der Waals surface area contributed by atoms with Gasteiger partial charge in [0.2, 0.25) is 11.8 Å². The number of benzene rings is 1. The number of nitrogens with two attached hydrogens (primary N) is 1. The van der Waals surface area contributed by atoms with Gasteiger partial charge in [0, 0.05) is 31.1 Å². The normalized spacial score (nSPS) is 25.0. The van der Waals surface area contributed by atoms with Crippen LogP contribution in [0.1, 0.15) is 54.1 Å². The van der Waals surface area contributed by atoms with Crippen molar-refractivity contribution in [1.29, 1.82) is 0 Å². The van der Waals surface area contributed by atoms with Crippen LogP contribution < -0.4 is 11.1 Å². The summed E-state index contributed by atoms with van der Waals surface area (Å²) in [5, 5.41) is 2.34. The topological polar surface area (TPSA) is 95.7 Å². The van der Waals surface area contributed by atoms with Gasteiger partial charge in [0.05, 0.1) is 0 Å². The van der Waals surface area contributed by atoms with E-state index in [1.165, 1.54) is 5.56 Å². The second kappa shape index (κ2) is 7.64. The predicted molar refractivity (Wildman–Crippen MR) is 104 cm³/mol. The van der Waals surface area contributed by atoms with Gasteiger partial charge in [-0.05, 0) is 62.4 Å². The highest BCUT2D eigenvalue weighted by Gasteiger charge is 2.39. The first-order chi connectivity index (χ1) is 13.4. The Kier molecular flexibility index (Phi) is 5.21. The summed E-state index contributed by atoms with van der Waals surface area (Å²) in [6.07, 6.45) is 2.93. The molecule has 0 aliphatic carbocycles. The number of carbonyl (C=O) groups is 3. The van der Waals surface area contributed by atoms with Crippen LogP contribution >= 0.6 is 0 Å². The van der Waals surface area contributed by atoms with Gasteiger partial charge >= 0.3 is 0 Å². The molecular weight excluding hydrogens is 356 g/mol. The van der Waals surface area contributed by atoms with E-state index in [1.54, 1.807) is 4.90 Å². The summed E-state index contributed by atoms with van der Waals surface area (Å²) in [4.78, 5) is 40.3. The van der Waals surface area contributed by atoms with Gasteiger partial charge in [0.25, 0.3) is 5.91 Å². The van der Waals surface area contributed by atoms with E-state index >= 15 is 0 Å². The first-order valence-corrected chi connectivity index (χ1v) is 10.2. The van der Waals surface area contributed by atoms with Gasteiger partial charge in [0.1, 0.15) is 6.04 Å². The van der Waals surface area contributed by atoms with Crippen LogP contribution in [-0.2, 0) is 22.7 Å². The van der Waals surface area contributed by atoms with Gasteiger partial charge in [-0.3, -0.25) is 24.6 Å². The lowest BCUT2D eigenvalue weighted by Gasteiger charge is -2.33. The maximum Gasteiger partial charge on any atom is 0.255 e. The van der Waals surface area contributed by atoms with Crippen LogP contribution in [-0.4, -0.2) is 52.7 Å². The highest BCUT2D eigenvalue weighted by atomic mass is 16.2. The third kappa shape index (κ3) is 3.69. The summed E-state index contributed by atoms with van der Waals surface area (Å²) in [7, 11) is 0. The number of hydrogen-bond acceptors (Lipinski definition) is 5. The third-order valence-electron chi connectivity index (χ3n) is 6.37. The minimum Gasteiger partial charge on any atom is -0.328 e. The lowest BCUT2D eigenvalue weighted by molar-refractivity contribution is -0.136. The van der Waals surface area contributed by atoms with Crippen molar-refractivity contribution in [2.24, 2.45) is 11.7 Å². The Labute approximate surface area is 165 Å². The molecular formula is C21H28N4O3. The third-order valence-corrected chi connectivity index (χ3v) is 6.37. The van der Waals surface area contributed by atoms with Crippen molar-refractivity contribution in [3.8, 4) is 0 Å². The number of imide groups is 1. The number of amides is 3. The molecule has 7 heteroatoms. The molecule has 1 aromatic carbocycles. The molecule has 0 radical (unpaired) electrons. The molecule has 4 rings (SSSR count). The SMILES string of the molecule is CC(N)C1CCN(Cc2ccc3c(c2)CN(C2CCC(=O)NC2=O)C3=O)CC1. The lowest BCUT2D eigenvalue weighted by Crippen LogP contribution is -2.52. The molecule has 0 spiro atoms. The predicted octanol–water partition coefficient (Wildman–Crippen LogP) is 1.01. The zero-order chi connectivity index (χ0) is 19.8. The molecule has 2 saturated heterocycles. The van der Waals surface area contributed by atoms with E-state index in [1.807, 2.05) is 12.1 Å². The van der Waals surface area contributed by atoms with E-state index in [4.69, 9.17) is 5.73 Å². The smallest absolute Gasteiger partial charge is 0.255 e. The molecule has 3 N–H and O–H groups in total. The van der Waals surface area contributed by atoms with Gasteiger partial charge in [-0.25, -0.2) is 0 Å². The number of piperidine rings is 2. The van der Waals surface area contributed by atoms with E-state index in [0.717, 1.165) is 38.0 Å². The first kappa shape index (κ1) is 19.1. The summed E-state index contributed by atoms with van der Waals surface area (Å²) in [6, 6.07) is 5.69. The molecule has 150 valence electrons. The van der Waals surface area contributed by atoms with Crippen LogP contribution in [0.25, 0.3) is 0 Å². The average Bonchev–Trinajstić information content (AvgIpc) is 2.98. The van der Waals surface area contributed by atoms with E-state index < -0.39 is 6.04 Å². The Morgan fingerprint density at radius 2 is 1.93 bits per heavy atom. The number of fused-ring (bicyclic) bond motifs is 1. The van der Waals surface area contributed by atoms with Crippen molar-refractivity contribution >= 4 is 17.7 Å². The van der Waals surface area contributed by atoms with E-state index in [2.05, 4.69) is 23.2 Å². The Morgan fingerprint density at radius 3 is 2.61 bits per heavy atom. The van der Waals surface area contributed by atoms with Crippen molar-refractivity contribution in [3.05, 3.63) is 34.9 Å². The zero-order valence-electron chi connectivity index (χ0n) is 16.3. The molecule has 3 heterocycles. The summed E-state index contributed by atoms with van der Waals surface area (Å²) < 4.78 is 0. The minimum atomic E-state index is -0.557. The van der Waals surface area contributed by atoms with Crippen LogP contribution in [0, 0.1) is 5.92 Å². The molecule has 1 aromatic rings. The van der Waals surface area contributed by atoms with Crippen LogP contribution in [0.5, 0.6) is 0 Å². The fraction of sp³-hybridized carbons (Fsp3) is 0.571. The maximum absolute atomic E-state index is 12.8. The number of hydrogen-bond donors (Lipinski definition) is 2. The fourth-order valence-corrected chi connectivity index (χ4v) is 4.62. The zero-order valence-corrected chi connectivity index (χ0v) is 16.3. The number of likely N-dealkylation sites (tertiary alicyclic amines) is 1.